The fourth-order valence-electron chi connectivity index (χ4n) is 3.78. The lowest BCUT2D eigenvalue weighted by molar-refractivity contribution is 0.0950. The summed E-state index contributed by atoms with van der Waals surface area (Å²) < 4.78 is 1.81. The molecule has 7 nitrogen and oxygen atoms in total. The van der Waals surface area contributed by atoms with Crippen molar-refractivity contribution in [2.75, 3.05) is 5.32 Å². The Morgan fingerprint density at radius 3 is 2.06 bits per heavy atom. The Kier molecular flexibility index (Phi) is 6.62. The first-order valence-electron chi connectivity index (χ1n) is 11.5. The summed E-state index contributed by atoms with van der Waals surface area (Å²) in [6.45, 7) is 0.301. The summed E-state index contributed by atoms with van der Waals surface area (Å²) >= 11 is 0. The van der Waals surface area contributed by atoms with Gasteiger partial charge < -0.3 is 10.6 Å². The van der Waals surface area contributed by atoms with Gasteiger partial charge in [0.15, 0.2) is 0 Å². The summed E-state index contributed by atoms with van der Waals surface area (Å²) in [5.41, 5.74) is 5.19. The van der Waals surface area contributed by atoms with E-state index >= 15 is 0 Å². The number of benzene rings is 3. The zero-order valence-electron chi connectivity index (χ0n) is 19.3. The lowest BCUT2D eigenvalue weighted by Gasteiger charge is -2.08. The van der Waals surface area contributed by atoms with Crippen molar-refractivity contribution in [2.45, 2.75) is 6.54 Å². The van der Waals surface area contributed by atoms with Crippen LogP contribution in [0.5, 0.6) is 0 Å². The van der Waals surface area contributed by atoms with Gasteiger partial charge in [0.2, 0.25) is 0 Å². The second kappa shape index (κ2) is 10.5. The molecular formula is C29H23N5O2. The molecule has 0 fully saturated rings. The number of carbonyl (C=O) groups is 2. The maximum atomic E-state index is 12.9. The number of hydrogen-bond donors (Lipinski definition) is 2. The zero-order chi connectivity index (χ0) is 24.7. The van der Waals surface area contributed by atoms with Crippen LogP contribution < -0.4 is 10.6 Å². The van der Waals surface area contributed by atoms with Gasteiger partial charge in [0.05, 0.1) is 11.4 Å². The Morgan fingerprint density at radius 1 is 0.722 bits per heavy atom. The number of carbonyl (C=O) groups excluding carboxylic acids is 2. The van der Waals surface area contributed by atoms with Crippen molar-refractivity contribution in [3.05, 3.63) is 132 Å². The molecule has 7 heteroatoms. The molecule has 0 aliphatic carbocycles. The number of rotatable bonds is 7. The van der Waals surface area contributed by atoms with Gasteiger partial charge in [0.25, 0.3) is 11.8 Å². The SMILES string of the molecule is O=C(NCc1cn(-c2ccccc2)nc1-c1ccncc1)c1ccc(NC(=O)c2ccccc2)cc1. The molecule has 2 N–H and O–H groups in total. The van der Waals surface area contributed by atoms with Crippen LogP contribution in [0.1, 0.15) is 26.3 Å². The van der Waals surface area contributed by atoms with Crippen LogP contribution in [0.15, 0.2) is 116 Å². The van der Waals surface area contributed by atoms with Crippen LogP contribution in [-0.4, -0.2) is 26.6 Å². The normalized spacial score (nSPS) is 10.6. The van der Waals surface area contributed by atoms with Crippen LogP contribution in [0.25, 0.3) is 16.9 Å². The molecule has 0 saturated carbocycles. The van der Waals surface area contributed by atoms with E-state index in [1.165, 1.54) is 0 Å². The van der Waals surface area contributed by atoms with Crippen molar-refractivity contribution in [2.24, 2.45) is 0 Å². The monoisotopic (exact) mass is 473 g/mol. The van der Waals surface area contributed by atoms with Gasteiger partial charge in [-0.15, -0.1) is 0 Å². The first-order valence-corrected chi connectivity index (χ1v) is 11.5. The molecule has 0 aliphatic rings. The molecule has 176 valence electrons. The van der Waals surface area contributed by atoms with Gasteiger partial charge in [-0.25, -0.2) is 4.68 Å². The molecule has 2 amide bonds. The fourth-order valence-corrected chi connectivity index (χ4v) is 3.78. The molecule has 0 saturated heterocycles. The lowest BCUT2D eigenvalue weighted by Crippen LogP contribution is -2.23. The number of para-hydroxylation sites is 1. The molecule has 5 aromatic rings. The number of aromatic nitrogens is 3. The van der Waals surface area contributed by atoms with Gasteiger partial charge in [-0.1, -0.05) is 36.4 Å². The van der Waals surface area contributed by atoms with Gasteiger partial charge in [-0.05, 0) is 60.7 Å². The lowest BCUT2D eigenvalue weighted by atomic mass is 10.1. The topological polar surface area (TPSA) is 88.9 Å². The highest BCUT2D eigenvalue weighted by molar-refractivity contribution is 6.04. The molecule has 2 heterocycles. The van der Waals surface area contributed by atoms with Gasteiger partial charge in [-0.2, -0.15) is 5.10 Å². The van der Waals surface area contributed by atoms with Crippen LogP contribution in [0.4, 0.5) is 5.69 Å². The van der Waals surface area contributed by atoms with Crippen molar-refractivity contribution in [1.29, 1.82) is 0 Å². The van der Waals surface area contributed by atoms with Gasteiger partial charge in [0, 0.05) is 53.1 Å². The Bertz CT molecular complexity index is 1470. The third-order valence-electron chi connectivity index (χ3n) is 5.64. The molecule has 0 aliphatic heterocycles. The van der Waals surface area contributed by atoms with Crippen LogP contribution >= 0.6 is 0 Å². The molecule has 36 heavy (non-hydrogen) atoms. The predicted molar refractivity (Wildman–Crippen MR) is 139 cm³/mol. The Hall–Kier alpha value is -5.04. The first kappa shape index (κ1) is 22.7. The van der Waals surface area contributed by atoms with E-state index in [0.717, 1.165) is 22.5 Å². The second-order valence-electron chi connectivity index (χ2n) is 8.10. The van der Waals surface area contributed by atoms with Crippen molar-refractivity contribution in [3.63, 3.8) is 0 Å². The quantitative estimate of drug-likeness (QED) is 0.344. The van der Waals surface area contributed by atoms with E-state index in [-0.39, 0.29) is 11.8 Å². The summed E-state index contributed by atoms with van der Waals surface area (Å²) in [5.74, 6) is -0.420. The minimum Gasteiger partial charge on any atom is -0.348 e. The average molecular weight is 474 g/mol. The number of hydrogen-bond acceptors (Lipinski definition) is 4. The van der Waals surface area contributed by atoms with E-state index in [0.29, 0.717) is 23.4 Å². The van der Waals surface area contributed by atoms with Gasteiger partial charge in [0.1, 0.15) is 0 Å². The zero-order valence-corrected chi connectivity index (χ0v) is 19.3. The first-order chi connectivity index (χ1) is 17.7. The van der Waals surface area contributed by atoms with Crippen molar-refractivity contribution in [1.82, 2.24) is 20.1 Å². The predicted octanol–water partition coefficient (Wildman–Crippen LogP) is 5.12. The second-order valence-corrected chi connectivity index (χ2v) is 8.10. The van der Waals surface area contributed by atoms with E-state index in [4.69, 9.17) is 5.10 Å². The van der Waals surface area contributed by atoms with E-state index in [1.54, 1.807) is 48.8 Å². The minimum absolute atomic E-state index is 0.202. The van der Waals surface area contributed by atoms with E-state index in [9.17, 15) is 9.59 Å². The maximum absolute atomic E-state index is 12.9. The molecule has 2 aromatic heterocycles. The van der Waals surface area contributed by atoms with Crippen LogP contribution in [0.3, 0.4) is 0 Å². The van der Waals surface area contributed by atoms with E-state index in [1.807, 2.05) is 71.5 Å². The Morgan fingerprint density at radius 2 is 1.36 bits per heavy atom. The van der Waals surface area contributed by atoms with Gasteiger partial charge >= 0.3 is 0 Å². The number of amides is 2. The molecule has 3 aromatic carbocycles. The smallest absolute Gasteiger partial charge is 0.255 e. The fraction of sp³-hybridized carbons (Fsp3) is 0.0345. The molecule has 0 spiro atoms. The minimum atomic E-state index is -0.218. The van der Waals surface area contributed by atoms with Gasteiger partial charge in [-0.3, -0.25) is 14.6 Å². The largest absolute Gasteiger partial charge is 0.348 e. The third kappa shape index (κ3) is 5.20. The number of nitrogens with zero attached hydrogens (tertiary/aromatic N) is 3. The average Bonchev–Trinajstić information content (AvgIpc) is 3.38. The van der Waals surface area contributed by atoms with Crippen LogP contribution in [0.2, 0.25) is 0 Å². The summed E-state index contributed by atoms with van der Waals surface area (Å²) in [5, 5.41) is 10.6. The van der Waals surface area contributed by atoms with E-state index in [2.05, 4.69) is 15.6 Å². The van der Waals surface area contributed by atoms with Crippen LogP contribution in [0, 0.1) is 0 Å². The van der Waals surface area contributed by atoms with Crippen LogP contribution in [-0.2, 0) is 6.54 Å². The molecular weight excluding hydrogens is 450 g/mol. The third-order valence-corrected chi connectivity index (χ3v) is 5.64. The maximum Gasteiger partial charge on any atom is 0.255 e. The molecule has 5 rings (SSSR count). The highest BCUT2D eigenvalue weighted by Gasteiger charge is 2.14. The summed E-state index contributed by atoms with van der Waals surface area (Å²) in [4.78, 5) is 29.3. The molecule has 0 radical (unpaired) electrons. The summed E-state index contributed by atoms with van der Waals surface area (Å²) in [7, 11) is 0. The standard InChI is InChI=1S/C29H23N5O2/c35-28(23-11-13-25(14-12-23)32-29(36)22-7-3-1-4-8-22)31-19-24-20-34(26-9-5-2-6-10-26)33-27(24)21-15-17-30-18-16-21/h1-18,20H,19H2,(H,31,35)(H,32,36). The highest BCUT2D eigenvalue weighted by Crippen LogP contribution is 2.23. The molecule has 0 bridgehead atoms. The number of anilines is 1. The molecule has 0 atom stereocenters. The summed E-state index contributed by atoms with van der Waals surface area (Å²) in [6, 6.07) is 29.4. The Labute approximate surface area is 208 Å². The summed E-state index contributed by atoms with van der Waals surface area (Å²) in [6.07, 6.45) is 5.36. The van der Waals surface area contributed by atoms with Crippen molar-refractivity contribution in [3.8, 4) is 16.9 Å². The van der Waals surface area contributed by atoms with Crippen molar-refractivity contribution < 1.29 is 9.59 Å². The number of nitrogens with one attached hydrogen (secondary N) is 2. The Balaban J connectivity index is 1.29. The van der Waals surface area contributed by atoms with E-state index < -0.39 is 0 Å². The highest BCUT2D eigenvalue weighted by atomic mass is 16.2. The van der Waals surface area contributed by atoms with Crippen molar-refractivity contribution >= 4 is 17.5 Å². The molecule has 0 unspecified atom stereocenters. The number of pyridine rings is 1.